The fraction of sp³-hybridized carbons (Fsp3) is 0.691. The lowest BCUT2D eigenvalue weighted by Crippen LogP contribution is -2.63. The molecule has 3 fully saturated rings. The molecule has 86 heavy (non-hydrogen) atoms. The van der Waals surface area contributed by atoms with Crippen LogP contribution in [0.2, 0.25) is 0 Å². The lowest BCUT2D eigenvalue weighted by Gasteiger charge is -2.37. The number of rotatable bonds is 21. The zero-order valence-corrected chi connectivity index (χ0v) is 49.4. The highest BCUT2D eigenvalue weighted by atomic mass is 16.4. The predicted molar refractivity (Wildman–Crippen MR) is 302 cm³/mol. The number of allylic oxidation sites excluding steroid dienone is 1. The Balaban J connectivity index is 2.05. The van der Waals surface area contributed by atoms with Crippen molar-refractivity contribution in [3.8, 4) is 0 Å². The van der Waals surface area contributed by atoms with Gasteiger partial charge in [0, 0.05) is 19.6 Å². The van der Waals surface area contributed by atoms with Gasteiger partial charge in [0.1, 0.15) is 48.3 Å². The monoisotopic (exact) mass is 1220 g/mol. The summed E-state index contributed by atoms with van der Waals surface area (Å²) in [5, 5.41) is 62.3. The molecule has 3 heterocycles. The van der Waals surface area contributed by atoms with Crippen LogP contribution >= 0.6 is 0 Å². The molecule has 0 aromatic heterocycles. The molecule has 0 aliphatic carbocycles. The number of carbonyl (C=O) groups is 15. The second-order valence-corrected chi connectivity index (χ2v) is 22.1. The van der Waals surface area contributed by atoms with Gasteiger partial charge in [-0.2, -0.15) is 0 Å². The molecule has 3 aliphatic rings. The SMILES string of the molecule is CCC(C)[C@@H]1NC(=O)[C@@H](C(C)O)NC(=O)CNC(=O)[C@H](CC(=O)O)NC(=O)CNC(=O)[C@H](CC(=O)O)NC(=O)CNC(=O)C2CCCCN2C(=O)[C@@H](NC(=O)[C@H](CC(=O)O)NC(=O)/C=C/CCCCCCCC(C)C)CNC(=O)[C@@H]2CCCN2C1=O. The Bertz CT molecular complexity index is 2490. The minimum absolute atomic E-state index is 0.0164. The second kappa shape index (κ2) is 36.6. The molecule has 3 saturated heterocycles. The number of hydrogen-bond donors (Lipinski definition) is 14. The van der Waals surface area contributed by atoms with Crippen LogP contribution in [0.5, 0.6) is 0 Å². The molecule has 0 spiro atoms. The van der Waals surface area contributed by atoms with Crippen LogP contribution in [-0.2, 0) is 71.9 Å². The van der Waals surface area contributed by atoms with E-state index in [1.165, 1.54) is 4.90 Å². The predicted octanol–water partition coefficient (Wildman–Crippen LogP) is -3.46. The van der Waals surface area contributed by atoms with Crippen LogP contribution in [0.15, 0.2) is 12.2 Å². The fourth-order valence-corrected chi connectivity index (χ4v) is 9.76. The van der Waals surface area contributed by atoms with Gasteiger partial charge in [-0.05, 0) is 69.8 Å². The molecule has 3 aliphatic heterocycles. The molecular weight excluding hydrogens is 1130 g/mol. The van der Waals surface area contributed by atoms with E-state index >= 15 is 0 Å². The van der Waals surface area contributed by atoms with Gasteiger partial charge < -0.3 is 83.4 Å². The van der Waals surface area contributed by atoms with Crippen LogP contribution in [-0.4, -0.2) is 213 Å². The van der Waals surface area contributed by atoms with Crippen molar-refractivity contribution in [1.29, 1.82) is 0 Å². The average Bonchev–Trinajstić information content (AvgIpc) is 2.02. The number of aliphatic hydroxyl groups excluding tert-OH is 1. The van der Waals surface area contributed by atoms with E-state index in [4.69, 9.17) is 0 Å². The van der Waals surface area contributed by atoms with E-state index in [0.717, 1.165) is 56.4 Å². The van der Waals surface area contributed by atoms with Crippen molar-refractivity contribution in [3.05, 3.63) is 12.2 Å². The van der Waals surface area contributed by atoms with Gasteiger partial charge in [0.15, 0.2) is 0 Å². The lowest BCUT2D eigenvalue weighted by molar-refractivity contribution is -0.146. The molecule has 31 nitrogen and oxygen atoms in total. The second-order valence-electron chi connectivity index (χ2n) is 22.1. The number of piperidine rings is 1. The van der Waals surface area contributed by atoms with Gasteiger partial charge in [0.25, 0.3) is 0 Å². The van der Waals surface area contributed by atoms with Gasteiger partial charge in [-0.15, -0.1) is 0 Å². The molecule has 0 aromatic carbocycles. The minimum atomic E-state index is -1.90. The van der Waals surface area contributed by atoms with Gasteiger partial charge in [0.05, 0.1) is 45.0 Å². The smallest absolute Gasteiger partial charge is 0.305 e. The van der Waals surface area contributed by atoms with E-state index in [1.807, 2.05) is 0 Å². The summed E-state index contributed by atoms with van der Waals surface area (Å²) in [6, 6.07) is -13.2. The molecule has 14 N–H and O–H groups in total. The number of amides is 12. The summed E-state index contributed by atoms with van der Waals surface area (Å²) in [6.45, 7) is 4.98. The largest absolute Gasteiger partial charge is 0.481 e. The van der Waals surface area contributed by atoms with E-state index in [9.17, 15) is 92.3 Å². The molecule has 12 amide bonds. The summed E-state index contributed by atoms with van der Waals surface area (Å²) in [5.74, 6) is -17.3. The Hall–Kier alpha value is -8.25. The highest BCUT2D eigenvalue weighted by molar-refractivity contribution is 6.00. The number of carboxylic acid groups (broad SMARTS) is 3. The van der Waals surface area contributed by atoms with E-state index in [0.29, 0.717) is 25.2 Å². The Labute approximate surface area is 497 Å². The van der Waals surface area contributed by atoms with Crippen molar-refractivity contribution in [3.63, 3.8) is 0 Å². The number of nitrogens with zero attached hydrogens (tertiary/aromatic N) is 2. The normalized spacial score (nSPS) is 24.3. The minimum Gasteiger partial charge on any atom is -0.481 e. The number of hydrogen-bond acceptors (Lipinski definition) is 16. The number of fused-ring (bicyclic) bond motifs is 2. The summed E-state index contributed by atoms with van der Waals surface area (Å²) in [7, 11) is 0. The maximum atomic E-state index is 14.8. The van der Waals surface area contributed by atoms with Gasteiger partial charge in [0.2, 0.25) is 70.9 Å². The summed E-state index contributed by atoms with van der Waals surface area (Å²) < 4.78 is 0. The van der Waals surface area contributed by atoms with E-state index in [-0.39, 0.29) is 38.8 Å². The van der Waals surface area contributed by atoms with Crippen molar-refractivity contribution < 1.29 is 92.3 Å². The first-order valence-corrected chi connectivity index (χ1v) is 29.1. The molecule has 10 atom stereocenters. The first-order chi connectivity index (χ1) is 40.6. The summed E-state index contributed by atoms with van der Waals surface area (Å²) >= 11 is 0. The third kappa shape index (κ3) is 24.8. The zero-order chi connectivity index (χ0) is 64.2. The number of unbranched alkanes of at least 4 members (excludes halogenated alkanes) is 5. The van der Waals surface area contributed by atoms with Crippen molar-refractivity contribution in [1.82, 2.24) is 63.0 Å². The molecule has 3 rings (SSSR count). The van der Waals surface area contributed by atoms with Crippen molar-refractivity contribution in [2.24, 2.45) is 11.8 Å². The molecular formula is C55H86N12O19. The summed E-state index contributed by atoms with van der Waals surface area (Å²) in [6.07, 6.45) is 5.77. The molecule has 480 valence electrons. The first-order valence-electron chi connectivity index (χ1n) is 29.1. The maximum absolute atomic E-state index is 14.8. The number of aliphatic hydroxyl groups is 1. The number of carbonyl (C=O) groups excluding carboxylic acids is 12. The molecule has 0 radical (unpaired) electrons. The number of nitrogens with one attached hydrogen (secondary N) is 10. The van der Waals surface area contributed by atoms with Gasteiger partial charge in [-0.1, -0.05) is 72.3 Å². The quantitative estimate of drug-likeness (QED) is 0.0392. The van der Waals surface area contributed by atoms with Crippen LogP contribution in [0, 0.1) is 11.8 Å². The Morgan fingerprint density at radius 1 is 0.593 bits per heavy atom. The molecule has 0 bridgehead atoms. The average molecular weight is 1220 g/mol. The number of aliphatic carboxylic acids is 3. The molecule has 0 saturated carbocycles. The van der Waals surface area contributed by atoms with E-state index in [2.05, 4.69) is 67.0 Å². The Morgan fingerprint density at radius 3 is 1.65 bits per heavy atom. The van der Waals surface area contributed by atoms with Crippen molar-refractivity contribution >= 4 is 88.8 Å². The third-order valence-electron chi connectivity index (χ3n) is 14.6. The van der Waals surface area contributed by atoms with Crippen LogP contribution in [0.25, 0.3) is 0 Å². The maximum Gasteiger partial charge on any atom is 0.305 e. The Morgan fingerprint density at radius 2 is 1.10 bits per heavy atom. The van der Waals surface area contributed by atoms with Crippen molar-refractivity contribution in [2.45, 2.75) is 192 Å². The highest BCUT2D eigenvalue weighted by Gasteiger charge is 2.43. The van der Waals surface area contributed by atoms with Gasteiger partial charge >= 0.3 is 17.9 Å². The molecule has 3 unspecified atom stereocenters. The first kappa shape index (κ1) is 72.0. The standard InChI is InChI=1S/C55H86N12O19/c1-6-31(4)46-55(86)67-22-16-19-38(67)51(82)56-26-36(63-50(81)35(25-45(77)78)60-39(69)20-13-11-9-7-8-10-12-17-30(2)3)54(85)66-21-15-14-18-37(66)52(83)59-28-41(71)62-33(23-43(73)74)48(79)57-27-40(70)61-34(24-44(75)76)49(80)58-29-42(72)64-47(32(5)68)53(84)65-46/h13,20,30-38,46-47,68H,6-12,14-19,21-29H2,1-5H3,(H,56,82)(H,57,79)(H,58,80)(H,59,83)(H,60,69)(H,61,70)(H,62,71)(H,63,81)(H,64,72)(H,65,84)(H,73,74)(H,75,76)(H,77,78)/b20-13+/t31?,32?,33-,34-,35-,36-,37?,38-,46-,47+/m0/s1. The van der Waals surface area contributed by atoms with Gasteiger partial charge in [-0.25, -0.2) is 0 Å². The van der Waals surface area contributed by atoms with E-state index in [1.54, 1.807) is 19.9 Å². The van der Waals surface area contributed by atoms with Crippen molar-refractivity contribution in [2.75, 3.05) is 39.3 Å². The zero-order valence-electron chi connectivity index (χ0n) is 49.4. The van der Waals surface area contributed by atoms with Crippen LogP contribution in [0.4, 0.5) is 0 Å². The lowest BCUT2D eigenvalue weighted by atomic mass is 9.96. The fourth-order valence-electron chi connectivity index (χ4n) is 9.76. The molecule has 0 aromatic rings. The van der Waals surface area contributed by atoms with Gasteiger partial charge in [-0.3, -0.25) is 71.9 Å². The van der Waals surface area contributed by atoms with E-state index < -0.39 is 195 Å². The van der Waals surface area contributed by atoms with Crippen LogP contribution in [0.1, 0.15) is 137 Å². The number of carboxylic acids is 3. The highest BCUT2D eigenvalue weighted by Crippen LogP contribution is 2.23. The molecule has 31 heteroatoms. The summed E-state index contributed by atoms with van der Waals surface area (Å²) in [4.78, 5) is 202. The van der Waals surface area contributed by atoms with Crippen LogP contribution in [0.3, 0.4) is 0 Å². The topological polar surface area (TPSA) is 464 Å². The van der Waals surface area contributed by atoms with Crippen LogP contribution < -0.4 is 53.2 Å². The Kier molecular flexibility index (Phi) is 30.6. The third-order valence-corrected chi connectivity index (χ3v) is 14.6. The summed E-state index contributed by atoms with van der Waals surface area (Å²) in [5.41, 5.74) is 0.